The van der Waals surface area contributed by atoms with Crippen LogP contribution in [0.2, 0.25) is 0 Å². The summed E-state index contributed by atoms with van der Waals surface area (Å²) in [5.74, 6) is -1.31. The summed E-state index contributed by atoms with van der Waals surface area (Å²) in [4.78, 5) is 0. The monoisotopic (exact) mass is 542 g/mol. The van der Waals surface area contributed by atoms with Crippen LogP contribution in [-0.2, 0) is 37.9 Å². The van der Waals surface area contributed by atoms with Gasteiger partial charge in [0.1, 0.15) is 6.10 Å². The van der Waals surface area contributed by atoms with E-state index >= 15 is 0 Å². The van der Waals surface area contributed by atoms with Crippen LogP contribution in [0.25, 0.3) is 0 Å². The minimum atomic E-state index is -1.31. The van der Waals surface area contributed by atoms with Crippen molar-refractivity contribution < 1.29 is 37.9 Å². The van der Waals surface area contributed by atoms with Crippen LogP contribution in [0, 0.1) is 21.7 Å². The van der Waals surface area contributed by atoms with Gasteiger partial charge >= 0.3 is 5.97 Å². The van der Waals surface area contributed by atoms with Gasteiger partial charge in [0, 0.05) is 21.7 Å². The maximum absolute atomic E-state index is 6.78. The van der Waals surface area contributed by atoms with E-state index in [1.165, 1.54) is 32.1 Å². The molecular weight excluding hydrogens is 488 g/mol. The van der Waals surface area contributed by atoms with Gasteiger partial charge in [0.05, 0.1) is 79.3 Å². The maximum Gasteiger partial charge on any atom is 0.310 e. The summed E-state index contributed by atoms with van der Waals surface area (Å²) in [7, 11) is 0. The summed E-state index contributed by atoms with van der Waals surface area (Å²) in [6.07, 6.45) is 7.72. The molecule has 0 aromatic rings. The first-order chi connectivity index (χ1) is 18.1. The molecule has 0 aromatic heterocycles. The third kappa shape index (κ3) is 8.12. The molecule has 1 unspecified atom stereocenters. The molecule has 0 radical (unpaired) electrons. The van der Waals surface area contributed by atoms with Gasteiger partial charge in [0.15, 0.2) is 0 Å². The summed E-state index contributed by atoms with van der Waals surface area (Å²) < 4.78 is 49.2. The molecule has 38 heavy (non-hydrogen) atoms. The Hall–Kier alpha value is -0.320. The molecule has 0 amide bonds. The lowest BCUT2D eigenvalue weighted by atomic mass is 9.89. The minimum Gasteiger partial charge on any atom is -0.380 e. The van der Waals surface area contributed by atoms with E-state index < -0.39 is 5.97 Å². The average Bonchev–Trinajstić information content (AvgIpc) is 2.83. The first-order valence-electron chi connectivity index (χ1n) is 15.0. The summed E-state index contributed by atoms with van der Waals surface area (Å²) in [5.41, 5.74) is -0.142. The minimum absolute atomic E-state index is 0.0144. The Kier molecular flexibility index (Phi) is 10.6. The Morgan fingerprint density at radius 2 is 0.921 bits per heavy atom. The lowest BCUT2D eigenvalue weighted by Crippen LogP contribution is -2.59. The fourth-order valence-corrected chi connectivity index (χ4v) is 5.14. The zero-order valence-electron chi connectivity index (χ0n) is 24.8. The lowest BCUT2D eigenvalue weighted by Gasteiger charge is -2.49. The van der Waals surface area contributed by atoms with Crippen LogP contribution in [0.3, 0.4) is 0 Å². The van der Waals surface area contributed by atoms with Gasteiger partial charge in [-0.3, -0.25) is 0 Å². The van der Waals surface area contributed by atoms with E-state index in [2.05, 4.69) is 34.6 Å². The van der Waals surface area contributed by atoms with Crippen molar-refractivity contribution in [2.45, 2.75) is 91.6 Å². The van der Waals surface area contributed by atoms with Gasteiger partial charge in [-0.2, -0.15) is 0 Å². The van der Waals surface area contributed by atoms with Gasteiger partial charge in [-0.15, -0.1) is 0 Å². The van der Waals surface area contributed by atoms with E-state index in [-0.39, 0.29) is 27.8 Å². The highest BCUT2D eigenvalue weighted by Crippen LogP contribution is 2.39. The molecule has 4 heterocycles. The molecule has 0 bridgehead atoms. The fourth-order valence-electron chi connectivity index (χ4n) is 5.14. The highest BCUT2D eigenvalue weighted by atomic mass is 16.9. The van der Waals surface area contributed by atoms with Crippen molar-refractivity contribution in [3.05, 3.63) is 0 Å². The van der Waals surface area contributed by atoms with Gasteiger partial charge in [0.25, 0.3) is 0 Å². The highest BCUT2D eigenvalue weighted by molar-refractivity contribution is 4.88. The molecule has 4 saturated heterocycles. The van der Waals surface area contributed by atoms with Gasteiger partial charge in [-0.1, -0.05) is 73.1 Å². The molecule has 0 aliphatic carbocycles. The summed E-state index contributed by atoms with van der Waals surface area (Å²) in [5, 5.41) is 0. The Bertz CT molecular complexity index is 651. The Labute approximate surface area is 230 Å². The smallest absolute Gasteiger partial charge is 0.310 e. The Balaban J connectivity index is 1.53. The predicted molar refractivity (Wildman–Crippen MR) is 144 cm³/mol. The zero-order chi connectivity index (χ0) is 27.2. The van der Waals surface area contributed by atoms with E-state index in [0.29, 0.717) is 79.3 Å². The Morgan fingerprint density at radius 1 is 0.553 bits per heavy atom. The molecular formula is C30H54O8. The van der Waals surface area contributed by atoms with Crippen molar-refractivity contribution in [3.63, 3.8) is 0 Å². The van der Waals surface area contributed by atoms with Crippen LogP contribution < -0.4 is 0 Å². The van der Waals surface area contributed by atoms with E-state index in [9.17, 15) is 0 Å². The number of ether oxygens (including phenoxy) is 8. The summed E-state index contributed by atoms with van der Waals surface area (Å²) in [6, 6.07) is 0. The van der Waals surface area contributed by atoms with Crippen molar-refractivity contribution in [1.29, 1.82) is 0 Å². The van der Waals surface area contributed by atoms with Crippen LogP contribution in [0.1, 0.15) is 79.6 Å². The van der Waals surface area contributed by atoms with Crippen molar-refractivity contribution in [3.8, 4) is 0 Å². The number of unbranched alkanes of at least 4 members (excludes halogenated alkanes) is 5. The Morgan fingerprint density at radius 3 is 1.29 bits per heavy atom. The van der Waals surface area contributed by atoms with E-state index in [4.69, 9.17) is 37.9 Å². The van der Waals surface area contributed by atoms with Gasteiger partial charge in [0.2, 0.25) is 0 Å². The quantitative estimate of drug-likeness (QED) is 0.158. The normalized spacial score (nSPS) is 25.5. The second kappa shape index (κ2) is 13.1. The van der Waals surface area contributed by atoms with Crippen molar-refractivity contribution in [2.24, 2.45) is 21.7 Å². The van der Waals surface area contributed by atoms with Crippen LogP contribution >= 0.6 is 0 Å². The standard InChI is InChI=1S/C30H54O8/c1-6-7-8-9-10-11-12-25(35-21-26(2)13-31-14-26)30(36-22-27(3)15-32-16-27,37-23-28(4)17-33-18-28)38-24-29(5)19-34-20-29/h25H,6-24H2,1-5H3. The highest BCUT2D eigenvalue weighted by Gasteiger charge is 2.51. The third-order valence-electron chi connectivity index (χ3n) is 8.32. The number of hydrogen-bond acceptors (Lipinski definition) is 8. The van der Waals surface area contributed by atoms with Gasteiger partial charge in [-0.05, 0) is 6.42 Å². The first kappa shape index (κ1) is 30.6. The van der Waals surface area contributed by atoms with Crippen LogP contribution in [0.15, 0.2) is 0 Å². The van der Waals surface area contributed by atoms with Crippen LogP contribution in [0.4, 0.5) is 0 Å². The van der Waals surface area contributed by atoms with Crippen LogP contribution in [0.5, 0.6) is 0 Å². The van der Waals surface area contributed by atoms with E-state index in [1.807, 2.05) is 0 Å². The summed E-state index contributed by atoms with van der Waals surface area (Å²) >= 11 is 0. The summed E-state index contributed by atoms with van der Waals surface area (Å²) in [6.45, 7) is 18.6. The third-order valence-corrected chi connectivity index (χ3v) is 8.32. The molecule has 8 heteroatoms. The largest absolute Gasteiger partial charge is 0.380 e. The molecule has 4 aliphatic rings. The van der Waals surface area contributed by atoms with Crippen molar-refractivity contribution in [1.82, 2.24) is 0 Å². The second-order valence-electron chi connectivity index (χ2n) is 14.0. The molecule has 0 N–H and O–H groups in total. The predicted octanol–water partition coefficient (Wildman–Crippen LogP) is 4.97. The number of hydrogen-bond donors (Lipinski definition) is 0. The molecule has 0 saturated carbocycles. The number of rotatable bonds is 20. The molecule has 4 fully saturated rings. The first-order valence-corrected chi connectivity index (χ1v) is 15.0. The SMILES string of the molecule is CCCCCCCCC(OCC1(C)COC1)C(OCC1(C)COC1)(OCC1(C)COC1)OCC1(C)COC1. The molecule has 0 spiro atoms. The van der Waals surface area contributed by atoms with Crippen LogP contribution in [-0.4, -0.2) is 91.4 Å². The topological polar surface area (TPSA) is 73.8 Å². The van der Waals surface area contributed by atoms with Gasteiger partial charge in [-0.25, -0.2) is 0 Å². The molecule has 222 valence electrons. The lowest BCUT2D eigenvalue weighted by molar-refractivity contribution is -0.443. The fraction of sp³-hybridized carbons (Fsp3) is 1.00. The maximum atomic E-state index is 6.78. The second-order valence-corrected chi connectivity index (χ2v) is 14.0. The van der Waals surface area contributed by atoms with E-state index in [1.54, 1.807) is 0 Å². The van der Waals surface area contributed by atoms with Gasteiger partial charge < -0.3 is 37.9 Å². The molecule has 1 atom stereocenters. The van der Waals surface area contributed by atoms with Crippen molar-refractivity contribution in [2.75, 3.05) is 79.3 Å². The molecule has 4 aliphatic heterocycles. The average molecular weight is 543 g/mol. The van der Waals surface area contributed by atoms with Crippen molar-refractivity contribution >= 4 is 0 Å². The molecule has 4 rings (SSSR count). The molecule has 0 aromatic carbocycles. The zero-order valence-corrected chi connectivity index (χ0v) is 24.8. The van der Waals surface area contributed by atoms with E-state index in [0.717, 1.165) is 12.8 Å². The molecule has 8 nitrogen and oxygen atoms in total.